The summed E-state index contributed by atoms with van der Waals surface area (Å²) in [4.78, 5) is 0. The quantitative estimate of drug-likeness (QED) is 0.281. The number of hydrogen-bond acceptors (Lipinski definition) is 1. The zero-order chi connectivity index (χ0) is 27.2. The molecule has 0 radical (unpaired) electrons. The summed E-state index contributed by atoms with van der Waals surface area (Å²) in [6, 6.07) is 4.54. The third-order valence-electron chi connectivity index (χ3n) is 4.88. The van der Waals surface area contributed by atoms with Crippen molar-refractivity contribution in [2.75, 3.05) is 7.11 Å². The van der Waals surface area contributed by atoms with Crippen LogP contribution < -0.4 is 0 Å². The number of halogens is 15. The van der Waals surface area contributed by atoms with Gasteiger partial charge in [0.1, 0.15) is 0 Å². The first-order chi connectivity index (χ1) is 15.0. The minimum atomic E-state index is -8.29. The zero-order valence-corrected chi connectivity index (χ0v) is 16.9. The molecule has 0 amide bonds. The van der Waals surface area contributed by atoms with E-state index in [0.29, 0.717) is 19.1 Å². The Labute approximate surface area is 181 Å². The van der Waals surface area contributed by atoms with Gasteiger partial charge in [-0.1, -0.05) is 31.2 Å². The molecule has 0 spiro atoms. The molecular formula is C18H15F15O. The van der Waals surface area contributed by atoms with E-state index in [-0.39, 0.29) is 5.56 Å². The van der Waals surface area contributed by atoms with Crippen LogP contribution in [0.5, 0.6) is 0 Å². The molecule has 1 aromatic rings. The highest BCUT2D eigenvalue weighted by Crippen LogP contribution is 2.63. The van der Waals surface area contributed by atoms with E-state index in [4.69, 9.17) is 0 Å². The molecule has 0 aliphatic heterocycles. The Morgan fingerprint density at radius 2 is 1.00 bits per heavy atom. The minimum Gasteiger partial charge on any atom is -0.377 e. The van der Waals surface area contributed by atoms with Crippen LogP contribution in [0.4, 0.5) is 65.9 Å². The summed E-state index contributed by atoms with van der Waals surface area (Å²) in [5.41, 5.74) is 0.203. The molecule has 0 aliphatic rings. The zero-order valence-electron chi connectivity index (χ0n) is 16.9. The van der Waals surface area contributed by atoms with Crippen molar-refractivity contribution in [1.82, 2.24) is 0 Å². The van der Waals surface area contributed by atoms with E-state index in [2.05, 4.69) is 4.74 Å². The first-order valence-electron chi connectivity index (χ1n) is 8.91. The predicted octanol–water partition coefficient (Wildman–Crippen LogP) is 7.70. The second-order valence-electron chi connectivity index (χ2n) is 7.10. The van der Waals surface area contributed by atoms with Crippen molar-refractivity contribution in [2.45, 2.75) is 67.6 Å². The second-order valence-corrected chi connectivity index (χ2v) is 7.10. The van der Waals surface area contributed by atoms with Gasteiger partial charge in [-0.3, -0.25) is 0 Å². The molecule has 0 saturated carbocycles. The van der Waals surface area contributed by atoms with Gasteiger partial charge >= 0.3 is 41.7 Å². The van der Waals surface area contributed by atoms with Crippen molar-refractivity contribution in [3.05, 3.63) is 35.4 Å². The molecule has 0 saturated heterocycles. The average molecular weight is 532 g/mol. The van der Waals surface area contributed by atoms with E-state index in [9.17, 15) is 65.9 Å². The van der Waals surface area contributed by atoms with Gasteiger partial charge in [-0.05, 0) is 17.5 Å². The largest absolute Gasteiger partial charge is 0.460 e. The number of hydrogen-bond donors (Lipinski definition) is 0. The Balaban J connectivity index is 3.46. The molecule has 0 fully saturated rings. The molecule has 1 atom stereocenters. The minimum absolute atomic E-state index is 0.376. The molecule has 1 unspecified atom stereocenters. The molecule has 0 aromatic heterocycles. The van der Waals surface area contributed by atoms with Crippen LogP contribution in [0.3, 0.4) is 0 Å². The molecule has 1 nitrogen and oxygen atoms in total. The first kappa shape index (κ1) is 30.2. The van der Waals surface area contributed by atoms with Crippen molar-refractivity contribution in [2.24, 2.45) is 0 Å². The third-order valence-corrected chi connectivity index (χ3v) is 4.88. The number of ether oxygens (including phenoxy) is 1. The van der Waals surface area contributed by atoms with Gasteiger partial charge < -0.3 is 4.74 Å². The third kappa shape index (κ3) is 4.53. The summed E-state index contributed by atoms with van der Waals surface area (Å²) < 4.78 is 203. The molecule has 0 N–H and O–H groups in total. The second kappa shape index (κ2) is 8.97. The van der Waals surface area contributed by atoms with Crippen molar-refractivity contribution < 1.29 is 70.6 Å². The number of alkyl halides is 15. The van der Waals surface area contributed by atoms with Gasteiger partial charge in [0.25, 0.3) is 0 Å². The molecule has 198 valence electrons. The number of rotatable bonds is 10. The summed E-state index contributed by atoms with van der Waals surface area (Å²) in [6.45, 7) is 1.65. The van der Waals surface area contributed by atoms with E-state index in [0.717, 1.165) is 12.1 Å². The molecule has 0 aliphatic carbocycles. The lowest BCUT2D eigenvalue weighted by Gasteiger charge is -2.42. The molecule has 0 heterocycles. The van der Waals surface area contributed by atoms with Gasteiger partial charge in [-0.2, -0.15) is 65.9 Å². The van der Waals surface area contributed by atoms with Crippen molar-refractivity contribution in [3.8, 4) is 0 Å². The lowest BCUT2D eigenvalue weighted by Crippen LogP contribution is -2.72. The molecule has 0 bridgehead atoms. The van der Waals surface area contributed by atoms with Crippen molar-refractivity contribution >= 4 is 0 Å². The van der Waals surface area contributed by atoms with Gasteiger partial charge in [0, 0.05) is 13.5 Å². The Kier molecular flexibility index (Phi) is 7.96. The normalized spacial score (nSPS) is 16.0. The van der Waals surface area contributed by atoms with Gasteiger partial charge in [0.05, 0.1) is 6.10 Å². The lowest BCUT2D eigenvalue weighted by atomic mass is 9.88. The van der Waals surface area contributed by atoms with E-state index < -0.39 is 54.2 Å². The number of aryl methyl sites for hydroxylation is 1. The summed E-state index contributed by atoms with van der Waals surface area (Å²) >= 11 is 0. The highest BCUT2D eigenvalue weighted by Gasteiger charge is 2.93. The Morgan fingerprint density at radius 3 is 1.35 bits per heavy atom. The van der Waals surface area contributed by atoms with Crippen LogP contribution in [0.1, 0.15) is 30.6 Å². The van der Waals surface area contributed by atoms with Crippen molar-refractivity contribution in [3.63, 3.8) is 0 Å². The molecular weight excluding hydrogens is 517 g/mol. The Bertz CT molecular complexity index is 827. The maximum atomic E-state index is 14.1. The Hall–Kier alpha value is -1.87. The van der Waals surface area contributed by atoms with Crippen LogP contribution in [0.2, 0.25) is 0 Å². The molecule has 16 heteroatoms. The van der Waals surface area contributed by atoms with Crippen LogP contribution >= 0.6 is 0 Å². The molecule has 1 rings (SSSR count). The van der Waals surface area contributed by atoms with Crippen LogP contribution in [0.15, 0.2) is 24.3 Å². The van der Waals surface area contributed by atoms with Gasteiger partial charge in [-0.15, -0.1) is 0 Å². The van der Waals surface area contributed by atoms with Gasteiger partial charge in [-0.25, -0.2) is 0 Å². The Morgan fingerprint density at radius 1 is 0.618 bits per heavy atom. The van der Waals surface area contributed by atoms with Gasteiger partial charge in [0.15, 0.2) is 0 Å². The van der Waals surface area contributed by atoms with Crippen molar-refractivity contribution in [1.29, 1.82) is 0 Å². The molecule has 34 heavy (non-hydrogen) atoms. The van der Waals surface area contributed by atoms with Crippen LogP contribution in [-0.2, 0) is 11.2 Å². The summed E-state index contributed by atoms with van der Waals surface area (Å²) in [6.07, 6.45) is -12.0. The topological polar surface area (TPSA) is 9.23 Å². The fraction of sp³-hybridized carbons (Fsp3) is 0.667. The standard InChI is InChI=1S/C18H15F15O/c1-3-9-4-6-10(7-5-9)11(34-2)8-12(19,20)13(21,22)14(23,24)15(25,26)16(27,28)17(29,30)18(31,32)33/h4-7,11H,3,8H2,1-2H3. The SMILES string of the molecule is CCc1ccc(C(CC(F)(F)C(F)(F)C(F)(F)C(F)(F)C(F)(F)C(F)(F)C(F)(F)F)OC)cc1. The molecule has 1 aromatic carbocycles. The monoisotopic (exact) mass is 532 g/mol. The fourth-order valence-electron chi connectivity index (χ4n) is 2.67. The van der Waals surface area contributed by atoms with E-state index in [1.165, 1.54) is 12.1 Å². The summed E-state index contributed by atoms with van der Waals surface area (Å²) in [5, 5.41) is 0. The van der Waals surface area contributed by atoms with Gasteiger partial charge in [0.2, 0.25) is 0 Å². The number of methoxy groups -OCH3 is 1. The highest BCUT2D eigenvalue weighted by atomic mass is 19.4. The summed E-state index contributed by atoms with van der Waals surface area (Å²) in [7, 11) is 0.609. The highest BCUT2D eigenvalue weighted by molar-refractivity contribution is 5.25. The average Bonchev–Trinajstić information content (AvgIpc) is 2.70. The van der Waals surface area contributed by atoms with Crippen LogP contribution in [0, 0.1) is 0 Å². The first-order valence-corrected chi connectivity index (χ1v) is 8.91. The maximum absolute atomic E-state index is 14.1. The van der Waals surface area contributed by atoms with E-state index >= 15 is 0 Å². The lowest BCUT2D eigenvalue weighted by molar-refractivity contribution is -0.453. The van der Waals surface area contributed by atoms with E-state index in [1.54, 1.807) is 6.92 Å². The van der Waals surface area contributed by atoms with E-state index in [1.807, 2.05) is 0 Å². The summed E-state index contributed by atoms with van der Waals surface area (Å²) in [5.74, 6) is -46.5. The fourth-order valence-corrected chi connectivity index (χ4v) is 2.67. The van der Waals surface area contributed by atoms with Crippen LogP contribution in [0.25, 0.3) is 0 Å². The predicted molar refractivity (Wildman–Crippen MR) is 85.9 cm³/mol. The van der Waals surface area contributed by atoms with Crippen LogP contribution in [-0.4, -0.2) is 48.8 Å². The smallest absolute Gasteiger partial charge is 0.377 e. The maximum Gasteiger partial charge on any atom is 0.460 e. The number of benzene rings is 1.